The Hall–Kier alpha value is -2.41. The highest BCUT2D eigenvalue weighted by atomic mass is 35.5. The minimum absolute atomic E-state index is 0.197. The highest BCUT2D eigenvalue weighted by molar-refractivity contribution is 6.30. The lowest BCUT2D eigenvalue weighted by atomic mass is 9.83. The summed E-state index contributed by atoms with van der Waals surface area (Å²) in [7, 11) is 0. The summed E-state index contributed by atoms with van der Waals surface area (Å²) in [5.41, 5.74) is -1.43. The standard InChI is InChI=1S/C17H18ClN3O4/c1-9-3-4-21(9)14-12-8-19-13(18)5-11(12)10(7-20-14)6-17(2,15(22)23)16(24)25/h5,7-9H,3-4,6H2,1-2H3,(H,22,23)(H,24,25). The number of anilines is 1. The zero-order valence-electron chi connectivity index (χ0n) is 13.9. The van der Waals surface area contributed by atoms with Crippen LogP contribution in [0.15, 0.2) is 18.5 Å². The molecule has 1 saturated heterocycles. The predicted molar refractivity (Wildman–Crippen MR) is 93.1 cm³/mol. The molecule has 2 N–H and O–H groups in total. The molecule has 0 saturated carbocycles. The lowest BCUT2D eigenvalue weighted by Gasteiger charge is -2.40. The maximum absolute atomic E-state index is 11.5. The molecule has 1 fully saturated rings. The van der Waals surface area contributed by atoms with Crippen molar-refractivity contribution in [1.29, 1.82) is 0 Å². The zero-order chi connectivity index (χ0) is 18.4. The minimum Gasteiger partial charge on any atom is -0.480 e. The van der Waals surface area contributed by atoms with Gasteiger partial charge in [0.2, 0.25) is 0 Å². The predicted octanol–water partition coefficient (Wildman–Crippen LogP) is 2.60. The summed E-state index contributed by atoms with van der Waals surface area (Å²) in [5.74, 6) is -2.03. The number of hydrogen-bond acceptors (Lipinski definition) is 5. The van der Waals surface area contributed by atoms with Gasteiger partial charge in [0.1, 0.15) is 11.0 Å². The smallest absolute Gasteiger partial charge is 0.321 e. The van der Waals surface area contributed by atoms with Crippen molar-refractivity contribution in [3.8, 4) is 0 Å². The molecule has 1 aliphatic heterocycles. The van der Waals surface area contributed by atoms with E-state index in [1.165, 1.54) is 6.92 Å². The number of nitrogens with zero attached hydrogens (tertiary/aromatic N) is 3. The largest absolute Gasteiger partial charge is 0.480 e. The van der Waals surface area contributed by atoms with Gasteiger partial charge in [0.25, 0.3) is 0 Å². The SMILES string of the molecule is CC1CCN1c1ncc(CC(C)(C(=O)O)C(=O)O)c2cc(Cl)ncc12. The van der Waals surface area contributed by atoms with E-state index in [0.29, 0.717) is 17.0 Å². The number of aromatic nitrogens is 2. The van der Waals surface area contributed by atoms with Gasteiger partial charge in [-0.05, 0) is 37.3 Å². The van der Waals surface area contributed by atoms with Crippen LogP contribution >= 0.6 is 11.6 Å². The van der Waals surface area contributed by atoms with Gasteiger partial charge in [-0.1, -0.05) is 11.6 Å². The number of fused-ring (bicyclic) bond motifs is 1. The summed E-state index contributed by atoms with van der Waals surface area (Å²) < 4.78 is 0. The Kier molecular flexibility index (Phi) is 4.28. The van der Waals surface area contributed by atoms with Crippen LogP contribution in [0.3, 0.4) is 0 Å². The van der Waals surface area contributed by atoms with Gasteiger partial charge in [-0.15, -0.1) is 0 Å². The average Bonchev–Trinajstić information content (AvgIpc) is 2.54. The van der Waals surface area contributed by atoms with Crippen LogP contribution in [0.25, 0.3) is 10.8 Å². The first-order valence-electron chi connectivity index (χ1n) is 7.90. The summed E-state index contributed by atoms with van der Waals surface area (Å²) in [5, 5.41) is 20.4. The number of pyridine rings is 2. The summed E-state index contributed by atoms with van der Waals surface area (Å²) in [6, 6.07) is 1.99. The van der Waals surface area contributed by atoms with Crippen molar-refractivity contribution in [3.63, 3.8) is 0 Å². The lowest BCUT2D eigenvalue weighted by Crippen LogP contribution is -2.46. The fraction of sp³-hybridized carbons (Fsp3) is 0.412. The molecule has 0 spiro atoms. The molecule has 1 aliphatic rings. The van der Waals surface area contributed by atoms with Gasteiger partial charge in [-0.25, -0.2) is 9.97 Å². The topological polar surface area (TPSA) is 104 Å². The van der Waals surface area contributed by atoms with Crippen LogP contribution in [0.5, 0.6) is 0 Å². The number of carboxylic acids is 2. The van der Waals surface area contributed by atoms with Crippen molar-refractivity contribution in [2.75, 3.05) is 11.4 Å². The van der Waals surface area contributed by atoms with Crippen LogP contribution in [0.1, 0.15) is 25.8 Å². The number of carbonyl (C=O) groups is 2. The molecule has 8 heteroatoms. The fourth-order valence-electron chi connectivity index (χ4n) is 2.98. The molecule has 3 rings (SSSR count). The van der Waals surface area contributed by atoms with E-state index < -0.39 is 17.4 Å². The first kappa shape index (κ1) is 17.4. The van der Waals surface area contributed by atoms with E-state index in [1.807, 2.05) is 0 Å². The third kappa shape index (κ3) is 2.89. The molecule has 0 aliphatic carbocycles. The monoisotopic (exact) mass is 363 g/mol. The average molecular weight is 364 g/mol. The van der Waals surface area contributed by atoms with Crippen LogP contribution in [0.2, 0.25) is 5.15 Å². The first-order chi connectivity index (χ1) is 11.7. The Morgan fingerprint density at radius 2 is 1.96 bits per heavy atom. The molecule has 2 aromatic rings. The number of hydrogen-bond donors (Lipinski definition) is 2. The number of halogens is 1. The Balaban J connectivity index is 2.14. The van der Waals surface area contributed by atoms with E-state index in [0.717, 1.165) is 24.2 Å². The summed E-state index contributed by atoms with van der Waals surface area (Å²) in [6.07, 6.45) is 4.02. The second kappa shape index (κ2) is 6.15. The summed E-state index contributed by atoms with van der Waals surface area (Å²) >= 11 is 6.02. The number of rotatable bonds is 5. The summed E-state index contributed by atoms with van der Waals surface area (Å²) in [4.78, 5) is 33.7. The molecule has 25 heavy (non-hydrogen) atoms. The van der Waals surface area contributed by atoms with E-state index in [1.54, 1.807) is 18.5 Å². The van der Waals surface area contributed by atoms with E-state index >= 15 is 0 Å². The molecule has 0 bridgehead atoms. The summed E-state index contributed by atoms with van der Waals surface area (Å²) in [6.45, 7) is 4.17. The normalized spacial score (nSPS) is 17.4. The Labute approximate surface area is 149 Å². The first-order valence-corrected chi connectivity index (χ1v) is 8.28. The molecule has 0 aromatic carbocycles. The van der Waals surface area contributed by atoms with Gasteiger partial charge in [-0.3, -0.25) is 9.59 Å². The van der Waals surface area contributed by atoms with Gasteiger partial charge in [0.15, 0.2) is 5.41 Å². The molecule has 1 atom stereocenters. The van der Waals surface area contributed by atoms with Crippen LogP contribution in [-0.4, -0.2) is 44.7 Å². The second-order valence-corrected chi connectivity index (χ2v) is 7.00. The second-order valence-electron chi connectivity index (χ2n) is 6.61. The van der Waals surface area contributed by atoms with Crippen molar-refractivity contribution >= 4 is 40.1 Å². The quantitative estimate of drug-likeness (QED) is 0.621. The molecule has 0 amide bonds. The van der Waals surface area contributed by atoms with Crippen molar-refractivity contribution in [2.45, 2.75) is 32.7 Å². The van der Waals surface area contributed by atoms with Crippen molar-refractivity contribution in [2.24, 2.45) is 5.41 Å². The Bertz CT molecular complexity index is 856. The number of aliphatic carboxylic acids is 2. The van der Waals surface area contributed by atoms with Crippen LogP contribution in [-0.2, 0) is 16.0 Å². The van der Waals surface area contributed by atoms with Crippen LogP contribution in [0, 0.1) is 5.41 Å². The minimum atomic E-state index is -1.95. The van der Waals surface area contributed by atoms with E-state index in [-0.39, 0.29) is 11.6 Å². The van der Waals surface area contributed by atoms with E-state index in [4.69, 9.17) is 11.6 Å². The van der Waals surface area contributed by atoms with Crippen molar-refractivity contribution in [1.82, 2.24) is 9.97 Å². The van der Waals surface area contributed by atoms with Crippen molar-refractivity contribution < 1.29 is 19.8 Å². The highest BCUT2D eigenvalue weighted by Gasteiger charge is 2.42. The van der Waals surface area contributed by atoms with Crippen molar-refractivity contribution in [3.05, 3.63) is 29.2 Å². The molecule has 7 nitrogen and oxygen atoms in total. The molecular formula is C17H18ClN3O4. The Morgan fingerprint density at radius 3 is 2.48 bits per heavy atom. The van der Waals surface area contributed by atoms with Gasteiger partial charge in [0, 0.05) is 36.8 Å². The molecule has 0 radical (unpaired) electrons. The third-order valence-corrected chi connectivity index (χ3v) is 5.09. The van der Waals surface area contributed by atoms with E-state index in [2.05, 4.69) is 21.8 Å². The maximum atomic E-state index is 11.5. The lowest BCUT2D eigenvalue weighted by molar-refractivity contribution is -0.163. The van der Waals surface area contributed by atoms with Crippen LogP contribution < -0.4 is 4.90 Å². The van der Waals surface area contributed by atoms with Crippen LogP contribution in [0.4, 0.5) is 5.82 Å². The molecule has 3 heterocycles. The van der Waals surface area contributed by atoms with E-state index in [9.17, 15) is 19.8 Å². The van der Waals surface area contributed by atoms with Gasteiger partial charge >= 0.3 is 11.9 Å². The molecule has 1 unspecified atom stereocenters. The highest BCUT2D eigenvalue weighted by Crippen LogP contribution is 2.35. The third-order valence-electron chi connectivity index (χ3n) is 4.88. The zero-order valence-corrected chi connectivity index (χ0v) is 14.6. The van der Waals surface area contributed by atoms with Gasteiger partial charge in [-0.2, -0.15) is 0 Å². The molecule has 2 aromatic heterocycles. The Morgan fingerprint density at radius 1 is 1.28 bits per heavy atom. The molecule has 132 valence electrons. The fourth-order valence-corrected chi connectivity index (χ4v) is 3.13. The number of carboxylic acid groups (broad SMARTS) is 2. The molecular weight excluding hydrogens is 346 g/mol. The maximum Gasteiger partial charge on any atom is 0.321 e. The van der Waals surface area contributed by atoms with Gasteiger partial charge < -0.3 is 15.1 Å². The van der Waals surface area contributed by atoms with Gasteiger partial charge in [0.05, 0.1) is 0 Å².